The molecule has 1 atom stereocenters. The number of carbonyl (C=O) groups is 1. The van der Waals surface area contributed by atoms with Gasteiger partial charge < -0.3 is 14.6 Å². The molecule has 30 heavy (non-hydrogen) atoms. The summed E-state index contributed by atoms with van der Waals surface area (Å²) in [5, 5.41) is 9.38. The van der Waals surface area contributed by atoms with Crippen LogP contribution in [0, 0.1) is 0 Å². The number of benzene rings is 3. The molecule has 1 unspecified atom stereocenters. The molecule has 0 aliphatic heterocycles. The molecule has 4 aromatic rings. The van der Waals surface area contributed by atoms with Crippen molar-refractivity contribution in [2.24, 2.45) is 0 Å². The van der Waals surface area contributed by atoms with Crippen molar-refractivity contribution in [3.8, 4) is 17.1 Å². The van der Waals surface area contributed by atoms with Crippen LogP contribution in [0.25, 0.3) is 22.2 Å². The highest BCUT2D eigenvalue weighted by molar-refractivity contribution is 5.83. The van der Waals surface area contributed by atoms with Crippen molar-refractivity contribution in [1.29, 1.82) is 0 Å². The zero-order chi connectivity index (χ0) is 20.9. The van der Waals surface area contributed by atoms with E-state index in [4.69, 9.17) is 9.26 Å². The summed E-state index contributed by atoms with van der Waals surface area (Å²) in [6, 6.07) is 21.7. The van der Waals surface area contributed by atoms with Crippen LogP contribution in [-0.2, 0) is 11.2 Å². The van der Waals surface area contributed by atoms with E-state index in [1.807, 2.05) is 49.4 Å². The van der Waals surface area contributed by atoms with Gasteiger partial charge in [-0.15, -0.1) is 0 Å². The van der Waals surface area contributed by atoms with Crippen molar-refractivity contribution in [1.82, 2.24) is 15.5 Å². The first kappa shape index (κ1) is 19.6. The molecular weight excluding hydrogens is 378 g/mol. The minimum absolute atomic E-state index is 0.0557. The Balaban J connectivity index is 1.33. The summed E-state index contributed by atoms with van der Waals surface area (Å²) in [6.07, 6.45) is 0.668. The summed E-state index contributed by atoms with van der Waals surface area (Å²) >= 11 is 0. The zero-order valence-electron chi connectivity index (χ0n) is 17.0. The molecule has 3 aromatic carbocycles. The fourth-order valence-electron chi connectivity index (χ4n) is 3.31. The minimum atomic E-state index is -0.0837. The Bertz CT molecular complexity index is 1150. The molecule has 6 nitrogen and oxygen atoms in total. The summed E-state index contributed by atoms with van der Waals surface area (Å²) in [5.41, 5.74) is 1.90. The molecule has 152 valence electrons. The average molecular weight is 401 g/mol. The summed E-state index contributed by atoms with van der Waals surface area (Å²) in [6.45, 7) is 1.98. The second-order valence-corrected chi connectivity index (χ2v) is 7.14. The van der Waals surface area contributed by atoms with Crippen LogP contribution in [0.1, 0.15) is 30.8 Å². The number of hydrogen-bond acceptors (Lipinski definition) is 5. The zero-order valence-corrected chi connectivity index (χ0v) is 17.0. The quantitative estimate of drug-likeness (QED) is 0.485. The van der Waals surface area contributed by atoms with Gasteiger partial charge >= 0.3 is 0 Å². The largest absolute Gasteiger partial charge is 0.497 e. The lowest BCUT2D eigenvalue weighted by atomic mass is 10.0. The molecule has 1 heterocycles. The SMILES string of the molecule is COc1ccc(-c2noc(CCC(=O)NC(C)c3ccc4ccccc4c3)n2)cc1. The van der Waals surface area contributed by atoms with Crippen LogP contribution in [0.15, 0.2) is 71.3 Å². The highest BCUT2D eigenvalue weighted by atomic mass is 16.5. The van der Waals surface area contributed by atoms with E-state index < -0.39 is 0 Å². The summed E-state index contributed by atoms with van der Waals surface area (Å²) in [7, 11) is 1.62. The van der Waals surface area contributed by atoms with Crippen LogP contribution in [0.4, 0.5) is 0 Å². The lowest BCUT2D eigenvalue weighted by molar-refractivity contribution is -0.121. The topological polar surface area (TPSA) is 77.2 Å². The van der Waals surface area contributed by atoms with Gasteiger partial charge in [-0.25, -0.2) is 0 Å². The lowest BCUT2D eigenvalue weighted by Crippen LogP contribution is -2.26. The number of aryl methyl sites for hydroxylation is 1. The van der Waals surface area contributed by atoms with Gasteiger partial charge in [0.05, 0.1) is 13.2 Å². The number of aromatic nitrogens is 2. The van der Waals surface area contributed by atoms with Crippen LogP contribution in [0.3, 0.4) is 0 Å². The number of fused-ring (bicyclic) bond motifs is 1. The maximum Gasteiger partial charge on any atom is 0.227 e. The van der Waals surface area contributed by atoms with Crippen LogP contribution in [0.2, 0.25) is 0 Å². The lowest BCUT2D eigenvalue weighted by Gasteiger charge is -2.15. The number of carbonyl (C=O) groups excluding carboxylic acids is 1. The molecule has 6 heteroatoms. The highest BCUT2D eigenvalue weighted by Gasteiger charge is 2.13. The molecule has 0 radical (unpaired) electrons. The first-order valence-electron chi connectivity index (χ1n) is 9.87. The fraction of sp³-hybridized carbons (Fsp3) is 0.208. The van der Waals surface area contributed by atoms with E-state index in [9.17, 15) is 4.79 Å². The standard InChI is InChI=1S/C24H23N3O3/c1-16(19-8-7-17-5-3-4-6-20(17)15-19)25-22(28)13-14-23-26-24(27-30-23)18-9-11-21(29-2)12-10-18/h3-12,15-16H,13-14H2,1-2H3,(H,25,28). The molecule has 0 saturated carbocycles. The number of nitrogens with one attached hydrogen (secondary N) is 1. The average Bonchev–Trinajstić information content (AvgIpc) is 3.26. The van der Waals surface area contributed by atoms with E-state index >= 15 is 0 Å². The second kappa shape index (κ2) is 8.78. The van der Waals surface area contributed by atoms with Gasteiger partial charge in [0.1, 0.15) is 5.75 Å². The third-order valence-electron chi connectivity index (χ3n) is 5.03. The van der Waals surface area contributed by atoms with Gasteiger partial charge in [0.2, 0.25) is 17.6 Å². The van der Waals surface area contributed by atoms with E-state index in [0.29, 0.717) is 18.1 Å². The molecule has 0 spiro atoms. The molecule has 1 amide bonds. The fourth-order valence-corrected chi connectivity index (χ4v) is 3.31. The summed E-state index contributed by atoms with van der Waals surface area (Å²) in [4.78, 5) is 16.8. The van der Waals surface area contributed by atoms with E-state index in [1.165, 1.54) is 5.39 Å². The Kier molecular flexibility index (Phi) is 5.75. The summed E-state index contributed by atoms with van der Waals surface area (Å²) in [5.74, 6) is 1.64. The summed E-state index contributed by atoms with van der Waals surface area (Å²) < 4.78 is 10.4. The van der Waals surface area contributed by atoms with Gasteiger partial charge in [-0.3, -0.25) is 4.79 Å². The number of methoxy groups -OCH3 is 1. The van der Waals surface area contributed by atoms with Crippen molar-refractivity contribution in [2.75, 3.05) is 7.11 Å². The monoisotopic (exact) mass is 401 g/mol. The third kappa shape index (κ3) is 4.49. The molecule has 0 fully saturated rings. The first-order valence-corrected chi connectivity index (χ1v) is 9.87. The number of ether oxygens (including phenoxy) is 1. The van der Waals surface area contributed by atoms with E-state index in [0.717, 1.165) is 22.3 Å². The van der Waals surface area contributed by atoms with Gasteiger partial charge in [0.15, 0.2) is 0 Å². The number of amides is 1. The van der Waals surface area contributed by atoms with Crippen LogP contribution < -0.4 is 10.1 Å². The van der Waals surface area contributed by atoms with Crippen molar-refractivity contribution >= 4 is 16.7 Å². The third-order valence-corrected chi connectivity index (χ3v) is 5.03. The van der Waals surface area contributed by atoms with E-state index in [-0.39, 0.29) is 18.4 Å². The molecular formula is C24H23N3O3. The number of hydrogen-bond donors (Lipinski definition) is 1. The van der Waals surface area contributed by atoms with Crippen LogP contribution in [-0.4, -0.2) is 23.2 Å². The first-order chi connectivity index (χ1) is 14.6. The van der Waals surface area contributed by atoms with Crippen LogP contribution in [0.5, 0.6) is 5.75 Å². The Labute approximate surface area is 174 Å². The Hall–Kier alpha value is -3.67. The number of rotatable bonds is 7. The van der Waals surface area contributed by atoms with Crippen LogP contribution >= 0.6 is 0 Å². The van der Waals surface area contributed by atoms with Gasteiger partial charge in [-0.05, 0) is 53.6 Å². The molecule has 0 saturated heterocycles. The van der Waals surface area contributed by atoms with Gasteiger partial charge in [0, 0.05) is 18.4 Å². The Morgan fingerprint density at radius 3 is 2.60 bits per heavy atom. The van der Waals surface area contributed by atoms with Crippen molar-refractivity contribution in [3.05, 3.63) is 78.2 Å². The molecule has 0 bridgehead atoms. The highest BCUT2D eigenvalue weighted by Crippen LogP contribution is 2.21. The van der Waals surface area contributed by atoms with E-state index in [2.05, 4.69) is 39.7 Å². The normalized spacial score (nSPS) is 11.9. The minimum Gasteiger partial charge on any atom is -0.497 e. The molecule has 1 aromatic heterocycles. The maximum absolute atomic E-state index is 12.4. The van der Waals surface area contributed by atoms with Gasteiger partial charge in [0.25, 0.3) is 0 Å². The number of nitrogens with zero attached hydrogens (tertiary/aromatic N) is 2. The smallest absolute Gasteiger partial charge is 0.227 e. The molecule has 0 aliphatic rings. The predicted molar refractivity (Wildman–Crippen MR) is 115 cm³/mol. The molecule has 4 rings (SSSR count). The molecule has 0 aliphatic carbocycles. The van der Waals surface area contributed by atoms with Crippen molar-refractivity contribution < 1.29 is 14.1 Å². The maximum atomic E-state index is 12.4. The predicted octanol–water partition coefficient (Wildman–Crippen LogP) is 4.71. The van der Waals surface area contributed by atoms with Crippen molar-refractivity contribution in [2.45, 2.75) is 25.8 Å². The van der Waals surface area contributed by atoms with Crippen molar-refractivity contribution in [3.63, 3.8) is 0 Å². The Morgan fingerprint density at radius 1 is 1.07 bits per heavy atom. The van der Waals surface area contributed by atoms with Gasteiger partial charge in [-0.2, -0.15) is 4.98 Å². The Morgan fingerprint density at radius 2 is 1.83 bits per heavy atom. The molecule has 1 N–H and O–H groups in total. The van der Waals surface area contributed by atoms with Gasteiger partial charge in [-0.1, -0.05) is 41.6 Å². The van der Waals surface area contributed by atoms with E-state index in [1.54, 1.807) is 7.11 Å². The second-order valence-electron chi connectivity index (χ2n) is 7.14.